The number of rotatable bonds is 6. The molecule has 0 aliphatic rings. The number of anilines is 2. The SMILES string of the molecule is CC(C)C(C)N(C)CCC(=O)Nc1ccc(Cl)c(N)c1. The Labute approximate surface area is 126 Å². The van der Waals surface area contributed by atoms with Gasteiger partial charge in [-0.2, -0.15) is 0 Å². The number of carbonyl (C=O) groups is 1. The standard InChI is InChI=1S/C15H24ClN3O/c1-10(2)11(3)19(4)8-7-15(20)18-12-5-6-13(16)14(17)9-12/h5-6,9-11H,7-8,17H2,1-4H3,(H,18,20). The molecular formula is C15H24ClN3O. The fourth-order valence-electron chi connectivity index (χ4n) is 1.84. The van der Waals surface area contributed by atoms with E-state index in [1.165, 1.54) is 0 Å². The van der Waals surface area contributed by atoms with Gasteiger partial charge in [0.15, 0.2) is 0 Å². The van der Waals surface area contributed by atoms with Crippen molar-refractivity contribution in [3.63, 3.8) is 0 Å². The lowest BCUT2D eigenvalue weighted by atomic mass is 10.1. The summed E-state index contributed by atoms with van der Waals surface area (Å²) in [6, 6.07) is 5.55. The third kappa shape index (κ3) is 5.02. The topological polar surface area (TPSA) is 58.4 Å². The number of nitrogens with zero attached hydrogens (tertiary/aromatic N) is 1. The second-order valence-corrected chi connectivity index (χ2v) is 5.91. The summed E-state index contributed by atoms with van der Waals surface area (Å²) >= 11 is 5.84. The Morgan fingerprint density at radius 1 is 1.40 bits per heavy atom. The molecule has 0 aliphatic heterocycles. The molecule has 0 saturated carbocycles. The molecule has 3 N–H and O–H groups in total. The molecule has 112 valence electrons. The van der Waals surface area contributed by atoms with Gasteiger partial charge in [0.25, 0.3) is 0 Å². The molecule has 0 radical (unpaired) electrons. The Morgan fingerprint density at radius 2 is 2.05 bits per heavy atom. The first kappa shape index (κ1) is 16.8. The molecule has 0 aliphatic carbocycles. The van der Waals surface area contributed by atoms with E-state index in [-0.39, 0.29) is 5.91 Å². The largest absolute Gasteiger partial charge is 0.397 e. The van der Waals surface area contributed by atoms with E-state index in [2.05, 4.69) is 31.0 Å². The smallest absolute Gasteiger partial charge is 0.225 e. The molecule has 0 bridgehead atoms. The van der Waals surface area contributed by atoms with Crippen LogP contribution in [0.3, 0.4) is 0 Å². The van der Waals surface area contributed by atoms with E-state index in [9.17, 15) is 4.79 Å². The summed E-state index contributed by atoms with van der Waals surface area (Å²) in [7, 11) is 2.04. The van der Waals surface area contributed by atoms with Crippen LogP contribution in [0.25, 0.3) is 0 Å². The highest BCUT2D eigenvalue weighted by molar-refractivity contribution is 6.33. The normalized spacial score (nSPS) is 12.8. The number of nitrogen functional groups attached to an aromatic ring is 1. The molecule has 1 atom stereocenters. The third-order valence-corrected chi connectivity index (χ3v) is 3.98. The Kier molecular flexibility index (Phi) is 6.30. The van der Waals surface area contributed by atoms with Crippen molar-refractivity contribution in [3.8, 4) is 0 Å². The van der Waals surface area contributed by atoms with Gasteiger partial charge in [0, 0.05) is 24.7 Å². The quantitative estimate of drug-likeness (QED) is 0.793. The molecule has 0 heterocycles. The van der Waals surface area contributed by atoms with Crippen LogP contribution in [0.1, 0.15) is 27.2 Å². The van der Waals surface area contributed by atoms with Crippen LogP contribution in [0, 0.1) is 5.92 Å². The minimum Gasteiger partial charge on any atom is -0.397 e. The van der Waals surface area contributed by atoms with Crippen molar-refractivity contribution in [1.29, 1.82) is 0 Å². The van der Waals surface area contributed by atoms with Gasteiger partial charge in [-0.15, -0.1) is 0 Å². The minimum absolute atomic E-state index is 0.0190. The summed E-state index contributed by atoms with van der Waals surface area (Å²) in [6.45, 7) is 7.26. The third-order valence-electron chi connectivity index (χ3n) is 3.63. The van der Waals surface area contributed by atoms with Crippen LogP contribution >= 0.6 is 11.6 Å². The number of hydrogen-bond acceptors (Lipinski definition) is 3. The van der Waals surface area contributed by atoms with Crippen molar-refractivity contribution in [2.75, 3.05) is 24.6 Å². The molecule has 4 nitrogen and oxygen atoms in total. The highest BCUT2D eigenvalue weighted by Crippen LogP contribution is 2.22. The van der Waals surface area contributed by atoms with E-state index in [0.717, 1.165) is 6.54 Å². The summed E-state index contributed by atoms with van der Waals surface area (Å²) in [4.78, 5) is 14.1. The zero-order valence-corrected chi connectivity index (χ0v) is 13.4. The summed E-state index contributed by atoms with van der Waals surface area (Å²) in [5, 5.41) is 3.32. The van der Waals surface area contributed by atoms with Gasteiger partial charge in [0.2, 0.25) is 5.91 Å². The van der Waals surface area contributed by atoms with Crippen molar-refractivity contribution in [2.24, 2.45) is 5.92 Å². The number of hydrogen-bond donors (Lipinski definition) is 2. The minimum atomic E-state index is -0.0190. The van der Waals surface area contributed by atoms with E-state index in [4.69, 9.17) is 17.3 Å². The van der Waals surface area contributed by atoms with Crippen molar-refractivity contribution in [1.82, 2.24) is 4.90 Å². The van der Waals surface area contributed by atoms with Gasteiger partial charge in [0.1, 0.15) is 0 Å². The molecular weight excluding hydrogens is 274 g/mol. The zero-order valence-electron chi connectivity index (χ0n) is 12.6. The Hall–Kier alpha value is -1.26. The first-order valence-electron chi connectivity index (χ1n) is 6.86. The van der Waals surface area contributed by atoms with E-state index in [0.29, 0.717) is 34.8 Å². The number of benzene rings is 1. The van der Waals surface area contributed by atoms with Crippen LogP contribution in [0.4, 0.5) is 11.4 Å². The lowest BCUT2D eigenvalue weighted by Crippen LogP contribution is -2.35. The molecule has 1 amide bonds. The van der Waals surface area contributed by atoms with Crippen LogP contribution in [0.2, 0.25) is 5.02 Å². The number of halogens is 1. The zero-order chi connectivity index (χ0) is 15.3. The van der Waals surface area contributed by atoms with Crippen LogP contribution in [-0.2, 0) is 4.79 Å². The van der Waals surface area contributed by atoms with Crippen molar-refractivity contribution < 1.29 is 4.79 Å². The van der Waals surface area contributed by atoms with E-state index < -0.39 is 0 Å². The van der Waals surface area contributed by atoms with Crippen LogP contribution in [0.5, 0.6) is 0 Å². The Bertz CT molecular complexity index is 462. The first-order valence-corrected chi connectivity index (χ1v) is 7.24. The van der Waals surface area contributed by atoms with Crippen LogP contribution in [-0.4, -0.2) is 30.4 Å². The summed E-state index contributed by atoms with van der Waals surface area (Å²) < 4.78 is 0. The number of nitrogens with one attached hydrogen (secondary N) is 1. The predicted molar refractivity (Wildman–Crippen MR) is 86.0 cm³/mol. The predicted octanol–water partition coefficient (Wildman–Crippen LogP) is 3.23. The maximum absolute atomic E-state index is 11.9. The Morgan fingerprint density at radius 3 is 2.60 bits per heavy atom. The van der Waals surface area contributed by atoms with E-state index in [1.54, 1.807) is 18.2 Å². The molecule has 0 saturated heterocycles. The highest BCUT2D eigenvalue weighted by atomic mass is 35.5. The second kappa shape index (κ2) is 7.50. The van der Waals surface area contributed by atoms with Gasteiger partial charge in [-0.25, -0.2) is 0 Å². The fourth-order valence-corrected chi connectivity index (χ4v) is 1.95. The molecule has 0 fully saturated rings. The molecule has 1 unspecified atom stereocenters. The average molecular weight is 298 g/mol. The number of amides is 1. The van der Waals surface area contributed by atoms with Gasteiger partial charge in [-0.05, 0) is 38.1 Å². The number of nitrogens with two attached hydrogens (primary N) is 1. The first-order chi connectivity index (χ1) is 9.31. The van der Waals surface area contributed by atoms with Crippen LogP contribution < -0.4 is 11.1 Å². The average Bonchev–Trinajstić information content (AvgIpc) is 2.39. The molecule has 0 aromatic heterocycles. The molecule has 20 heavy (non-hydrogen) atoms. The Balaban J connectivity index is 2.46. The van der Waals surface area contributed by atoms with Crippen molar-refractivity contribution >= 4 is 28.9 Å². The van der Waals surface area contributed by atoms with Gasteiger partial charge in [-0.3, -0.25) is 4.79 Å². The summed E-state index contributed by atoms with van der Waals surface area (Å²) in [5.74, 6) is 0.550. The van der Waals surface area contributed by atoms with Gasteiger partial charge in [0.05, 0.1) is 10.7 Å². The highest BCUT2D eigenvalue weighted by Gasteiger charge is 2.14. The lowest BCUT2D eigenvalue weighted by Gasteiger charge is -2.27. The number of carbonyl (C=O) groups excluding carboxylic acids is 1. The van der Waals surface area contributed by atoms with Crippen molar-refractivity contribution in [2.45, 2.75) is 33.2 Å². The van der Waals surface area contributed by atoms with Crippen molar-refractivity contribution in [3.05, 3.63) is 23.2 Å². The second-order valence-electron chi connectivity index (χ2n) is 5.50. The fraction of sp³-hybridized carbons (Fsp3) is 0.533. The monoisotopic (exact) mass is 297 g/mol. The van der Waals surface area contributed by atoms with E-state index >= 15 is 0 Å². The van der Waals surface area contributed by atoms with Crippen LogP contribution in [0.15, 0.2) is 18.2 Å². The van der Waals surface area contributed by atoms with Gasteiger partial charge < -0.3 is 16.0 Å². The maximum atomic E-state index is 11.9. The summed E-state index contributed by atoms with van der Waals surface area (Å²) in [6.07, 6.45) is 0.454. The molecule has 1 aromatic carbocycles. The van der Waals surface area contributed by atoms with E-state index in [1.807, 2.05) is 7.05 Å². The molecule has 1 rings (SSSR count). The summed E-state index contributed by atoms with van der Waals surface area (Å²) in [5.41, 5.74) is 6.84. The van der Waals surface area contributed by atoms with Gasteiger partial charge in [-0.1, -0.05) is 25.4 Å². The lowest BCUT2D eigenvalue weighted by molar-refractivity contribution is -0.116. The molecule has 5 heteroatoms. The molecule has 1 aromatic rings. The van der Waals surface area contributed by atoms with Gasteiger partial charge >= 0.3 is 0 Å². The maximum Gasteiger partial charge on any atom is 0.225 e. The molecule has 0 spiro atoms.